The number of amides is 2. The normalized spacial score (nSPS) is 24.9. The van der Waals surface area contributed by atoms with Crippen molar-refractivity contribution in [2.24, 2.45) is 0 Å². The summed E-state index contributed by atoms with van der Waals surface area (Å²) in [5, 5.41) is 2.98. The van der Waals surface area contributed by atoms with Gasteiger partial charge in [-0.3, -0.25) is 9.59 Å². The summed E-state index contributed by atoms with van der Waals surface area (Å²) in [6.45, 7) is 1.73. The van der Waals surface area contributed by atoms with Crippen molar-refractivity contribution < 1.29 is 18.0 Å². The molecule has 0 spiro atoms. The quantitative estimate of drug-likeness (QED) is 0.799. The Kier molecular flexibility index (Phi) is 5.24. The van der Waals surface area contributed by atoms with E-state index in [1.807, 2.05) is 0 Å². The fraction of sp³-hybridized carbons (Fsp3) is 0.857. The number of carbonyl (C=O) groups excluding carboxylic acids is 2. The number of hydrogen-bond donors (Lipinski definition) is 1. The molecular weight excluding hydrogens is 292 g/mol. The topological polar surface area (TPSA) is 83.6 Å². The van der Waals surface area contributed by atoms with Crippen molar-refractivity contribution in [2.75, 3.05) is 18.1 Å². The number of rotatable bonds is 5. The lowest BCUT2D eigenvalue weighted by atomic mass is 10.2. The van der Waals surface area contributed by atoms with Gasteiger partial charge in [0, 0.05) is 32.0 Å². The summed E-state index contributed by atoms with van der Waals surface area (Å²) in [6, 6.07) is 0.00177. The van der Waals surface area contributed by atoms with E-state index in [2.05, 4.69) is 5.32 Å². The highest BCUT2D eigenvalue weighted by Crippen LogP contribution is 2.19. The van der Waals surface area contributed by atoms with Gasteiger partial charge in [-0.15, -0.1) is 0 Å². The molecule has 1 unspecified atom stereocenters. The smallest absolute Gasteiger partial charge is 0.221 e. The molecule has 1 atom stereocenters. The van der Waals surface area contributed by atoms with Gasteiger partial charge in [-0.25, -0.2) is 8.42 Å². The van der Waals surface area contributed by atoms with Crippen molar-refractivity contribution in [3.8, 4) is 0 Å². The minimum absolute atomic E-state index is 0.0246. The van der Waals surface area contributed by atoms with Gasteiger partial charge >= 0.3 is 0 Å². The molecule has 6 nitrogen and oxygen atoms in total. The van der Waals surface area contributed by atoms with Crippen molar-refractivity contribution >= 4 is 21.7 Å². The first-order valence-electron chi connectivity index (χ1n) is 7.64. The van der Waals surface area contributed by atoms with Crippen LogP contribution in [0.2, 0.25) is 0 Å². The molecule has 2 rings (SSSR count). The second-order valence-corrected chi connectivity index (χ2v) is 8.30. The highest BCUT2D eigenvalue weighted by molar-refractivity contribution is 7.91. The monoisotopic (exact) mass is 316 g/mol. The Morgan fingerprint density at radius 1 is 1.19 bits per heavy atom. The molecule has 7 heteroatoms. The van der Waals surface area contributed by atoms with Crippen LogP contribution in [0.1, 0.15) is 45.4 Å². The lowest BCUT2D eigenvalue weighted by molar-refractivity contribution is -0.131. The lowest BCUT2D eigenvalue weighted by Crippen LogP contribution is -2.42. The summed E-state index contributed by atoms with van der Waals surface area (Å²) in [7, 11) is -3.03. The third-order valence-electron chi connectivity index (χ3n) is 4.35. The van der Waals surface area contributed by atoms with Crippen LogP contribution in [0.25, 0.3) is 0 Å². The molecule has 0 aromatic rings. The third kappa shape index (κ3) is 4.69. The first-order valence-corrected chi connectivity index (χ1v) is 9.46. The Labute approximate surface area is 126 Å². The number of hydrogen-bond acceptors (Lipinski definition) is 4. The zero-order valence-electron chi connectivity index (χ0n) is 12.5. The molecule has 0 aromatic heterocycles. The highest BCUT2D eigenvalue weighted by Gasteiger charge is 2.33. The average Bonchev–Trinajstić information content (AvgIpc) is 2.99. The van der Waals surface area contributed by atoms with E-state index in [0.29, 0.717) is 13.0 Å². The van der Waals surface area contributed by atoms with E-state index in [4.69, 9.17) is 0 Å². The summed E-state index contributed by atoms with van der Waals surface area (Å²) in [4.78, 5) is 25.1. The van der Waals surface area contributed by atoms with Crippen LogP contribution in [0.4, 0.5) is 0 Å². The summed E-state index contributed by atoms with van der Waals surface area (Å²) in [5.74, 6) is -0.0493. The fourth-order valence-electron chi connectivity index (χ4n) is 3.21. The van der Waals surface area contributed by atoms with E-state index in [0.717, 1.165) is 25.7 Å². The predicted octanol–water partition coefficient (Wildman–Crippen LogP) is 0.471. The molecule has 1 saturated heterocycles. The molecule has 1 aliphatic heterocycles. The Bertz CT molecular complexity index is 497. The van der Waals surface area contributed by atoms with Crippen molar-refractivity contribution in [2.45, 2.75) is 57.5 Å². The molecule has 2 fully saturated rings. The minimum atomic E-state index is -3.03. The maximum atomic E-state index is 11.9. The number of carbonyl (C=O) groups is 2. The Morgan fingerprint density at radius 2 is 1.86 bits per heavy atom. The minimum Gasteiger partial charge on any atom is -0.353 e. The maximum absolute atomic E-state index is 11.9. The molecule has 21 heavy (non-hydrogen) atoms. The van der Waals surface area contributed by atoms with Crippen LogP contribution in [-0.2, 0) is 19.4 Å². The first kappa shape index (κ1) is 16.3. The molecule has 0 aromatic carbocycles. The van der Waals surface area contributed by atoms with E-state index >= 15 is 0 Å². The number of nitrogens with one attached hydrogen (secondary N) is 1. The summed E-state index contributed by atoms with van der Waals surface area (Å²) in [6.07, 6.45) is 5.10. The van der Waals surface area contributed by atoms with Crippen molar-refractivity contribution in [3.63, 3.8) is 0 Å². The lowest BCUT2D eigenvalue weighted by Gasteiger charge is -2.27. The van der Waals surface area contributed by atoms with Crippen LogP contribution in [0.15, 0.2) is 0 Å². The van der Waals surface area contributed by atoms with Crippen molar-refractivity contribution in [1.82, 2.24) is 10.2 Å². The van der Waals surface area contributed by atoms with Crippen LogP contribution in [-0.4, -0.2) is 55.3 Å². The zero-order valence-corrected chi connectivity index (χ0v) is 13.3. The van der Waals surface area contributed by atoms with Crippen LogP contribution in [0, 0.1) is 0 Å². The van der Waals surface area contributed by atoms with Gasteiger partial charge in [0.15, 0.2) is 9.84 Å². The second-order valence-electron chi connectivity index (χ2n) is 6.07. The van der Waals surface area contributed by atoms with E-state index in [-0.39, 0.29) is 41.8 Å². The van der Waals surface area contributed by atoms with Crippen molar-refractivity contribution in [3.05, 3.63) is 0 Å². The van der Waals surface area contributed by atoms with E-state index in [1.54, 1.807) is 4.90 Å². The van der Waals surface area contributed by atoms with Crippen molar-refractivity contribution in [1.29, 1.82) is 0 Å². The Hall–Kier alpha value is -1.11. The maximum Gasteiger partial charge on any atom is 0.221 e. The Morgan fingerprint density at radius 3 is 2.38 bits per heavy atom. The van der Waals surface area contributed by atoms with Gasteiger partial charge < -0.3 is 10.2 Å². The van der Waals surface area contributed by atoms with Gasteiger partial charge in [0.1, 0.15) is 0 Å². The van der Waals surface area contributed by atoms with Crippen LogP contribution in [0.5, 0.6) is 0 Å². The average molecular weight is 316 g/mol. The van der Waals surface area contributed by atoms with Gasteiger partial charge in [-0.1, -0.05) is 12.8 Å². The van der Waals surface area contributed by atoms with E-state index in [9.17, 15) is 18.0 Å². The van der Waals surface area contributed by atoms with E-state index in [1.165, 1.54) is 6.92 Å². The first-order chi connectivity index (χ1) is 9.87. The van der Waals surface area contributed by atoms with Gasteiger partial charge in [0.25, 0.3) is 0 Å². The zero-order chi connectivity index (χ0) is 15.5. The van der Waals surface area contributed by atoms with Gasteiger partial charge in [0.05, 0.1) is 11.5 Å². The standard InChI is InChI=1S/C14H24N2O4S/c1-11(17)16(13-7-9-21(19,20)10-13)8-6-14(18)15-12-4-2-3-5-12/h12-13H,2-10H2,1H3,(H,15,18). The molecule has 2 aliphatic rings. The van der Waals surface area contributed by atoms with Gasteiger partial charge in [0.2, 0.25) is 11.8 Å². The van der Waals surface area contributed by atoms with Crippen LogP contribution < -0.4 is 5.32 Å². The molecule has 1 heterocycles. The van der Waals surface area contributed by atoms with Gasteiger partial charge in [-0.2, -0.15) is 0 Å². The molecule has 120 valence electrons. The van der Waals surface area contributed by atoms with E-state index < -0.39 is 9.84 Å². The largest absolute Gasteiger partial charge is 0.353 e. The third-order valence-corrected chi connectivity index (χ3v) is 6.10. The summed E-state index contributed by atoms with van der Waals surface area (Å²) >= 11 is 0. The van der Waals surface area contributed by atoms with Crippen LogP contribution >= 0.6 is 0 Å². The molecule has 1 N–H and O–H groups in total. The Balaban J connectivity index is 1.82. The fourth-order valence-corrected chi connectivity index (χ4v) is 4.94. The molecule has 2 amide bonds. The SMILES string of the molecule is CC(=O)N(CCC(=O)NC1CCCC1)C1CCS(=O)(=O)C1. The summed E-state index contributed by atoms with van der Waals surface area (Å²) < 4.78 is 23.0. The molecule has 0 bridgehead atoms. The highest BCUT2D eigenvalue weighted by atomic mass is 32.2. The molecule has 1 saturated carbocycles. The summed E-state index contributed by atoms with van der Waals surface area (Å²) in [5.41, 5.74) is 0. The van der Waals surface area contributed by atoms with Gasteiger partial charge in [-0.05, 0) is 19.3 Å². The molecular formula is C14H24N2O4S. The second kappa shape index (κ2) is 6.77. The molecule has 0 radical (unpaired) electrons. The number of nitrogens with zero attached hydrogens (tertiary/aromatic N) is 1. The predicted molar refractivity (Wildman–Crippen MR) is 79.5 cm³/mol. The number of sulfone groups is 1. The molecule has 1 aliphatic carbocycles. The van der Waals surface area contributed by atoms with Crippen LogP contribution in [0.3, 0.4) is 0 Å².